The van der Waals surface area contributed by atoms with Crippen molar-refractivity contribution >= 4 is 17.6 Å². The predicted octanol–water partition coefficient (Wildman–Crippen LogP) is 2.74. The molecule has 1 N–H and O–H groups in total. The predicted molar refractivity (Wildman–Crippen MR) is 134 cm³/mol. The van der Waals surface area contributed by atoms with Gasteiger partial charge in [0, 0.05) is 25.1 Å². The van der Waals surface area contributed by atoms with E-state index in [1.807, 2.05) is 30.3 Å². The maximum atomic E-state index is 14.8. The maximum Gasteiger partial charge on any atom is 0.245 e. The molecule has 1 aliphatic carbocycles. The molecule has 0 bridgehead atoms. The molecule has 2 amide bonds. The van der Waals surface area contributed by atoms with Crippen LogP contribution < -0.4 is 10.2 Å². The van der Waals surface area contributed by atoms with Gasteiger partial charge < -0.3 is 15.1 Å². The third kappa shape index (κ3) is 4.84. The second-order valence-corrected chi connectivity index (χ2v) is 10.2. The van der Waals surface area contributed by atoms with Crippen molar-refractivity contribution in [3.05, 3.63) is 71.4 Å². The Kier molecular flexibility index (Phi) is 6.50. The number of nitrogens with one attached hydrogen (secondary N) is 1. The summed E-state index contributed by atoms with van der Waals surface area (Å²) in [7, 11) is 0. The van der Waals surface area contributed by atoms with Gasteiger partial charge in [-0.1, -0.05) is 41.6 Å². The second-order valence-electron chi connectivity index (χ2n) is 10.2. The summed E-state index contributed by atoms with van der Waals surface area (Å²) in [5, 5.41) is 10.9. The number of likely N-dealkylation sites (tertiary alicyclic amines) is 1. The van der Waals surface area contributed by atoms with E-state index in [1.54, 1.807) is 18.3 Å². The van der Waals surface area contributed by atoms with Crippen LogP contribution in [0.5, 0.6) is 0 Å². The van der Waals surface area contributed by atoms with Gasteiger partial charge in [0.05, 0.1) is 24.5 Å². The molecule has 3 aromatic rings. The Morgan fingerprint density at radius 2 is 1.89 bits per heavy atom. The SMILES string of the molecule is O=C(N[C@@H](c1ccccc1)c1ccc(C2CC2)c(F)n1)[C@@H]1C[C@@H](F)CN1C(=O)Cn1nncc1N1CCC1. The van der Waals surface area contributed by atoms with Crippen molar-refractivity contribution in [2.75, 3.05) is 24.5 Å². The molecule has 3 aliphatic rings. The Hall–Kier alpha value is -3.89. The molecule has 9 nitrogen and oxygen atoms in total. The maximum absolute atomic E-state index is 14.8. The summed E-state index contributed by atoms with van der Waals surface area (Å²) < 4.78 is 30.9. The average Bonchev–Trinajstić information content (AvgIpc) is 3.51. The highest BCUT2D eigenvalue weighted by Crippen LogP contribution is 2.41. The lowest BCUT2D eigenvalue weighted by Gasteiger charge is -2.32. The van der Waals surface area contributed by atoms with E-state index in [4.69, 9.17) is 0 Å². The van der Waals surface area contributed by atoms with Crippen LogP contribution in [0.15, 0.2) is 48.7 Å². The molecular weight excluding hydrogens is 492 g/mol. The minimum Gasteiger partial charge on any atom is -0.355 e. The Balaban J connectivity index is 1.22. The number of anilines is 1. The number of hydrogen-bond donors (Lipinski definition) is 1. The largest absolute Gasteiger partial charge is 0.355 e. The van der Waals surface area contributed by atoms with Gasteiger partial charge in [-0.15, -0.1) is 5.10 Å². The van der Waals surface area contributed by atoms with E-state index in [2.05, 4.69) is 25.5 Å². The van der Waals surface area contributed by atoms with Crippen molar-refractivity contribution in [2.45, 2.75) is 56.4 Å². The van der Waals surface area contributed by atoms with Gasteiger partial charge in [0.25, 0.3) is 0 Å². The molecule has 3 atom stereocenters. The minimum absolute atomic E-state index is 0.113. The first-order valence-electron chi connectivity index (χ1n) is 13.1. The van der Waals surface area contributed by atoms with Crippen LogP contribution in [0.2, 0.25) is 0 Å². The summed E-state index contributed by atoms with van der Waals surface area (Å²) in [6.45, 7) is 1.41. The van der Waals surface area contributed by atoms with Gasteiger partial charge in [-0.25, -0.2) is 14.1 Å². The number of carbonyl (C=O) groups is 2. The number of aromatic nitrogens is 4. The molecule has 2 aliphatic heterocycles. The van der Waals surface area contributed by atoms with Crippen LogP contribution in [0.3, 0.4) is 0 Å². The van der Waals surface area contributed by atoms with E-state index in [0.29, 0.717) is 16.8 Å². The Bertz CT molecular complexity index is 1330. The summed E-state index contributed by atoms with van der Waals surface area (Å²) in [4.78, 5) is 34.3. The summed E-state index contributed by atoms with van der Waals surface area (Å²) in [6.07, 6.45) is 3.11. The highest BCUT2D eigenvalue weighted by atomic mass is 19.1. The van der Waals surface area contributed by atoms with E-state index < -0.39 is 36.0 Å². The summed E-state index contributed by atoms with van der Waals surface area (Å²) in [6, 6.07) is 10.8. The van der Waals surface area contributed by atoms with E-state index in [1.165, 1.54) is 9.58 Å². The summed E-state index contributed by atoms with van der Waals surface area (Å²) in [5.74, 6) is -0.525. The van der Waals surface area contributed by atoms with Crippen LogP contribution in [-0.2, 0) is 16.1 Å². The third-order valence-corrected chi connectivity index (χ3v) is 7.57. The van der Waals surface area contributed by atoms with E-state index in [0.717, 1.165) is 38.2 Å². The topological polar surface area (TPSA) is 96.2 Å². The number of nitrogens with zero attached hydrogens (tertiary/aromatic N) is 6. The lowest BCUT2D eigenvalue weighted by molar-refractivity contribution is -0.139. The number of halogens is 2. The monoisotopic (exact) mass is 521 g/mol. The molecule has 4 heterocycles. The van der Waals surface area contributed by atoms with Crippen LogP contribution in [0, 0.1) is 5.95 Å². The molecule has 38 heavy (non-hydrogen) atoms. The first kappa shape index (κ1) is 24.4. The van der Waals surface area contributed by atoms with Crippen molar-refractivity contribution in [1.29, 1.82) is 0 Å². The molecule has 11 heteroatoms. The van der Waals surface area contributed by atoms with Gasteiger partial charge in [0.15, 0.2) is 0 Å². The molecule has 0 unspecified atom stereocenters. The van der Waals surface area contributed by atoms with E-state index in [9.17, 15) is 18.4 Å². The molecule has 0 spiro atoms. The quantitative estimate of drug-likeness (QED) is 0.458. The molecule has 0 radical (unpaired) electrons. The van der Waals surface area contributed by atoms with Crippen molar-refractivity contribution in [3.63, 3.8) is 0 Å². The van der Waals surface area contributed by atoms with Gasteiger partial charge in [-0.05, 0) is 36.8 Å². The van der Waals surface area contributed by atoms with Gasteiger partial charge in [-0.2, -0.15) is 4.39 Å². The lowest BCUT2D eigenvalue weighted by atomic mass is 10.0. The van der Waals surface area contributed by atoms with E-state index in [-0.39, 0.29) is 25.4 Å². The average molecular weight is 522 g/mol. The third-order valence-electron chi connectivity index (χ3n) is 7.57. The molecule has 1 saturated carbocycles. The Morgan fingerprint density at radius 1 is 1.11 bits per heavy atom. The first-order valence-corrected chi connectivity index (χ1v) is 13.1. The van der Waals surface area contributed by atoms with Crippen LogP contribution in [-0.4, -0.2) is 68.5 Å². The molecule has 198 valence electrons. The number of carbonyl (C=O) groups excluding carboxylic acids is 2. The number of pyridine rings is 1. The molecular formula is C27H29F2N7O2. The molecule has 1 aromatic carbocycles. The minimum atomic E-state index is -1.33. The van der Waals surface area contributed by atoms with Crippen LogP contribution >= 0.6 is 0 Å². The van der Waals surface area contributed by atoms with Crippen molar-refractivity contribution in [2.24, 2.45) is 0 Å². The highest BCUT2D eigenvalue weighted by Gasteiger charge is 2.41. The first-order chi connectivity index (χ1) is 18.5. The zero-order chi connectivity index (χ0) is 26.2. The Morgan fingerprint density at radius 3 is 2.58 bits per heavy atom. The van der Waals surface area contributed by atoms with Crippen molar-refractivity contribution < 1.29 is 18.4 Å². The van der Waals surface area contributed by atoms with Crippen LogP contribution in [0.4, 0.5) is 14.6 Å². The van der Waals surface area contributed by atoms with Crippen LogP contribution in [0.25, 0.3) is 0 Å². The Labute approximate surface area is 218 Å². The zero-order valence-corrected chi connectivity index (χ0v) is 20.8. The summed E-state index contributed by atoms with van der Waals surface area (Å²) >= 11 is 0. The zero-order valence-electron chi connectivity index (χ0n) is 20.8. The van der Waals surface area contributed by atoms with Gasteiger partial charge in [-0.3, -0.25) is 9.59 Å². The highest BCUT2D eigenvalue weighted by molar-refractivity contribution is 5.89. The van der Waals surface area contributed by atoms with Crippen molar-refractivity contribution in [3.8, 4) is 0 Å². The fourth-order valence-corrected chi connectivity index (χ4v) is 5.21. The summed E-state index contributed by atoms with van der Waals surface area (Å²) in [5.41, 5.74) is 1.65. The molecule has 6 rings (SSSR count). The molecule has 2 aromatic heterocycles. The van der Waals surface area contributed by atoms with Gasteiger partial charge in [0.1, 0.15) is 24.6 Å². The van der Waals surface area contributed by atoms with Crippen LogP contribution in [0.1, 0.15) is 54.5 Å². The van der Waals surface area contributed by atoms with Gasteiger partial charge in [0.2, 0.25) is 17.8 Å². The number of hydrogen-bond acceptors (Lipinski definition) is 6. The fourth-order valence-electron chi connectivity index (χ4n) is 5.21. The second kappa shape index (κ2) is 10.1. The smallest absolute Gasteiger partial charge is 0.245 e. The number of amides is 2. The normalized spacial score (nSPS) is 21.7. The lowest BCUT2D eigenvalue weighted by Crippen LogP contribution is -2.48. The van der Waals surface area contributed by atoms with Gasteiger partial charge >= 0.3 is 0 Å². The number of benzene rings is 1. The van der Waals surface area contributed by atoms with Crippen molar-refractivity contribution in [1.82, 2.24) is 30.2 Å². The van der Waals surface area contributed by atoms with E-state index >= 15 is 0 Å². The molecule has 2 saturated heterocycles. The number of alkyl halides is 1. The molecule has 3 fully saturated rings. The fraction of sp³-hybridized carbons (Fsp3) is 0.444. The number of rotatable bonds is 8. The standard InChI is InChI=1S/C27H29F2N7O2/c28-19-13-22(35(15-19)24(37)16-36-23(14-30-33-36)34-11-4-12-34)27(38)32-25(18-5-2-1-3-6-18)21-10-9-20(17-7-8-17)26(29)31-21/h1-3,5-6,9-10,14,17,19,22,25H,4,7-8,11-13,15-16H2,(H,32,38)/t19-,22+,25+/m1/s1.